The van der Waals surface area contributed by atoms with Crippen molar-refractivity contribution in [2.24, 2.45) is 5.10 Å². The Morgan fingerprint density at radius 3 is 2.46 bits per heavy atom. The molecule has 0 aliphatic carbocycles. The Balaban J connectivity index is 1.71. The number of alkyl halides is 3. The Labute approximate surface area is 156 Å². The smallest absolute Gasteiger partial charge is 0.455 e. The number of non-ortho nitro benzene ring substituents is 1. The quantitative estimate of drug-likeness (QED) is 0.354. The number of nitrogens with one attached hydrogen (secondary N) is 1. The first-order chi connectivity index (χ1) is 13.3. The molecular weight excluding hydrogens is 379 g/mol. The van der Waals surface area contributed by atoms with E-state index in [1.54, 1.807) is 6.07 Å². The van der Waals surface area contributed by atoms with E-state index < -0.39 is 11.3 Å². The summed E-state index contributed by atoms with van der Waals surface area (Å²) in [5.74, 6) is 0.0831. The molecule has 0 aliphatic rings. The van der Waals surface area contributed by atoms with Gasteiger partial charge in [-0.15, -0.1) is 13.2 Å². The molecule has 1 aromatic heterocycles. The molecule has 0 saturated heterocycles. The lowest BCUT2D eigenvalue weighted by Crippen LogP contribution is -2.17. The van der Waals surface area contributed by atoms with Gasteiger partial charge >= 0.3 is 6.36 Å². The van der Waals surface area contributed by atoms with Crippen LogP contribution in [-0.4, -0.2) is 17.5 Å². The molecule has 0 unspecified atom stereocenters. The van der Waals surface area contributed by atoms with Crippen LogP contribution in [0.4, 0.5) is 24.5 Å². The molecule has 144 valence electrons. The summed E-state index contributed by atoms with van der Waals surface area (Å²) in [6, 6.07) is 14.2. The second kappa shape index (κ2) is 7.82. The Kier molecular flexibility index (Phi) is 5.30. The molecule has 1 heterocycles. The first-order valence-electron chi connectivity index (χ1n) is 7.80. The number of furan rings is 1. The predicted octanol–water partition coefficient (Wildman–Crippen LogP) is 5.20. The van der Waals surface area contributed by atoms with Gasteiger partial charge in [0.05, 0.1) is 22.4 Å². The minimum Gasteiger partial charge on any atom is -0.455 e. The van der Waals surface area contributed by atoms with E-state index >= 15 is 0 Å². The molecule has 3 rings (SSSR count). The van der Waals surface area contributed by atoms with E-state index in [0.29, 0.717) is 5.69 Å². The average molecular weight is 391 g/mol. The van der Waals surface area contributed by atoms with E-state index in [1.807, 2.05) is 0 Å². The van der Waals surface area contributed by atoms with E-state index in [2.05, 4.69) is 15.3 Å². The number of ether oxygens (including phenoxy) is 1. The van der Waals surface area contributed by atoms with Crippen molar-refractivity contribution in [1.29, 1.82) is 0 Å². The van der Waals surface area contributed by atoms with Gasteiger partial charge in [-0.3, -0.25) is 15.5 Å². The Morgan fingerprint density at radius 1 is 1.07 bits per heavy atom. The highest BCUT2D eigenvalue weighted by Gasteiger charge is 2.32. The standard InChI is InChI=1S/C18H12F3N3O4/c19-18(20,21)28-17-4-2-1-3-15(17)16-10-9-14(27-16)11-22-23-12-5-7-13(8-6-12)24(25)26/h1-11,23H. The van der Waals surface area contributed by atoms with Gasteiger partial charge in [0.1, 0.15) is 17.3 Å². The van der Waals surface area contributed by atoms with Gasteiger partial charge in [0.25, 0.3) is 5.69 Å². The fourth-order valence-electron chi connectivity index (χ4n) is 2.28. The highest BCUT2D eigenvalue weighted by atomic mass is 19.4. The zero-order chi connectivity index (χ0) is 20.1. The number of nitrogens with zero attached hydrogens (tertiary/aromatic N) is 2. The van der Waals surface area contributed by atoms with Gasteiger partial charge in [0.2, 0.25) is 0 Å². The maximum absolute atomic E-state index is 12.5. The molecule has 2 aromatic carbocycles. The molecule has 10 heteroatoms. The first kappa shape index (κ1) is 19.0. The summed E-state index contributed by atoms with van der Waals surface area (Å²) in [6.45, 7) is 0. The topological polar surface area (TPSA) is 89.9 Å². The zero-order valence-corrected chi connectivity index (χ0v) is 14.0. The van der Waals surface area contributed by atoms with Gasteiger partial charge in [-0.05, 0) is 36.4 Å². The molecule has 0 spiro atoms. The average Bonchev–Trinajstić information content (AvgIpc) is 3.10. The number of nitro benzene ring substituents is 1. The minimum absolute atomic E-state index is 0.0510. The van der Waals surface area contributed by atoms with E-state index in [1.165, 1.54) is 60.8 Å². The third-order valence-electron chi connectivity index (χ3n) is 3.47. The fourth-order valence-corrected chi connectivity index (χ4v) is 2.28. The highest BCUT2D eigenvalue weighted by molar-refractivity contribution is 5.78. The summed E-state index contributed by atoms with van der Waals surface area (Å²) in [6.07, 6.45) is -3.50. The van der Waals surface area contributed by atoms with Crippen LogP contribution in [0.5, 0.6) is 5.75 Å². The number of anilines is 1. The van der Waals surface area contributed by atoms with Gasteiger partial charge in [-0.2, -0.15) is 5.10 Å². The monoisotopic (exact) mass is 391 g/mol. The third-order valence-corrected chi connectivity index (χ3v) is 3.47. The van der Waals surface area contributed by atoms with Crippen molar-refractivity contribution in [2.75, 3.05) is 5.43 Å². The van der Waals surface area contributed by atoms with Crippen LogP contribution < -0.4 is 10.2 Å². The number of para-hydroxylation sites is 1. The summed E-state index contributed by atoms with van der Waals surface area (Å²) in [5, 5.41) is 14.5. The van der Waals surface area contributed by atoms with Crippen molar-refractivity contribution >= 4 is 17.6 Å². The Morgan fingerprint density at radius 2 is 1.79 bits per heavy atom. The number of nitro groups is 1. The summed E-state index contributed by atoms with van der Waals surface area (Å²) in [4.78, 5) is 10.1. The number of hydrogen-bond donors (Lipinski definition) is 1. The van der Waals surface area contributed by atoms with Crippen molar-refractivity contribution in [1.82, 2.24) is 0 Å². The van der Waals surface area contributed by atoms with E-state index in [-0.39, 0.29) is 28.5 Å². The second-order valence-corrected chi connectivity index (χ2v) is 5.42. The number of hydrazone groups is 1. The lowest BCUT2D eigenvalue weighted by atomic mass is 10.1. The molecule has 1 N–H and O–H groups in total. The molecule has 7 nitrogen and oxygen atoms in total. The number of benzene rings is 2. The van der Waals surface area contributed by atoms with Crippen molar-refractivity contribution in [3.8, 4) is 17.1 Å². The Bertz CT molecular complexity index is 998. The van der Waals surface area contributed by atoms with Crippen LogP contribution in [0.3, 0.4) is 0 Å². The molecule has 0 atom stereocenters. The fraction of sp³-hybridized carbons (Fsp3) is 0.0556. The van der Waals surface area contributed by atoms with Crippen LogP contribution in [0.25, 0.3) is 11.3 Å². The van der Waals surface area contributed by atoms with E-state index in [4.69, 9.17) is 4.42 Å². The van der Waals surface area contributed by atoms with Crippen LogP contribution in [0.15, 0.2) is 70.2 Å². The molecule has 0 aliphatic heterocycles. The lowest BCUT2D eigenvalue weighted by Gasteiger charge is -2.11. The molecule has 28 heavy (non-hydrogen) atoms. The van der Waals surface area contributed by atoms with Crippen molar-refractivity contribution in [2.45, 2.75) is 6.36 Å². The minimum atomic E-state index is -4.82. The maximum Gasteiger partial charge on any atom is 0.573 e. The first-order valence-corrected chi connectivity index (χ1v) is 7.80. The van der Waals surface area contributed by atoms with Crippen molar-refractivity contribution < 1.29 is 27.2 Å². The van der Waals surface area contributed by atoms with Crippen molar-refractivity contribution in [3.05, 3.63) is 76.5 Å². The van der Waals surface area contributed by atoms with Gasteiger partial charge in [0, 0.05) is 12.1 Å². The summed E-state index contributed by atoms with van der Waals surface area (Å²) in [5.41, 5.74) is 3.27. The van der Waals surface area contributed by atoms with E-state index in [0.717, 1.165) is 0 Å². The lowest BCUT2D eigenvalue weighted by molar-refractivity contribution is -0.384. The summed E-state index contributed by atoms with van der Waals surface area (Å²) in [7, 11) is 0. The van der Waals surface area contributed by atoms with Crippen LogP contribution in [0, 0.1) is 10.1 Å². The summed E-state index contributed by atoms with van der Waals surface area (Å²) >= 11 is 0. The number of hydrogen-bond acceptors (Lipinski definition) is 6. The highest BCUT2D eigenvalue weighted by Crippen LogP contribution is 2.34. The van der Waals surface area contributed by atoms with Crippen LogP contribution in [-0.2, 0) is 0 Å². The SMILES string of the molecule is O=[N+]([O-])c1ccc(NN=Cc2ccc(-c3ccccc3OC(F)(F)F)o2)cc1. The molecule has 0 saturated carbocycles. The molecule has 3 aromatic rings. The van der Waals surface area contributed by atoms with E-state index in [9.17, 15) is 23.3 Å². The molecule has 0 amide bonds. The number of rotatable bonds is 6. The van der Waals surface area contributed by atoms with Crippen LogP contribution in [0.1, 0.15) is 5.76 Å². The summed E-state index contributed by atoms with van der Waals surface area (Å²) < 4.78 is 47.1. The van der Waals surface area contributed by atoms with Crippen LogP contribution in [0.2, 0.25) is 0 Å². The zero-order valence-electron chi connectivity index (χ0n) is 14.0. The molecular formula is C18H12F3N3O4. The molecule has 0 radical (unpaired) electrons. The number of halogens is 3. The predicted molar refractivity (Wildman–Crippen MR) is 95.1 cm³/mol. The van der Waals surface area contributed by atoms with Gasteiger partial charge in [-0.1, -0.05) is 12.1 Å². The van der Waals surface area contributed by atoms with Gasteiger partial charge < -0.3 is 9.15 Å². The second-order valence-electron chi connectivity index (χ2n) is 5.42. The van der Waals surface area contributed by atoms with Crippen LogP contribution >= 0.6 is 0 Å². The molecule has 0 bridgehead atoms. The maximum atomic E-state index is 12.5. The largest absolute Gasteiger partial charge is 0.573 e. The van der Waals surface area contributed by atoms with Gasteiger partial charge in [-0.25, -0.2) is 0 Å². The molecule has 0 fully saturated rings. The third kappa shape index (κ3) is 4.87. The Hall–Kier alpha value is -3.82. The normalized spacial score (nSPS) is 11.5. The van der Waals surface area contributed by atoms with Gasteiger partial charge in [0.15, 0.2) is 0 Å². The van der Waals surface area contributed by atoms with Crippen molar-refractivity contribution in [3.63, 3.8) is 0 Å².